The molecule has 102 valence electrons. The van der Waals surface area contributed by atoms with Crippen LogP contribution in [-0.2, 0) is 6.61 Å². The van der Waals surface area contributed by atoms with Gasteiger partial charge in [0.2, 0.25) is 0 Å². The van der Waals surface area contributed by atoms with E-state index in [4.69, 9.17) is 0 Å². The van der Waals surface area contributed by atoms with Gasteiger partial charge in [0.25, 0.3) is 0 Å². The minimum Gasteiger partial charge on any atom is -0.392 e. The predicted molar refractivity (Wildman–Crippen MR) is 76.8 cm³/mol. The summed E-state index contributed by atoms with van der Waals surface area (Å²) in [6.07, 6.45) is 1.79. The zero-order valence-electron chi connectivity index (χ0n) is 12.3. The molecular weight excluding hydrogens is 224 g/mol. The lowest BCUT2D eigenvalue weighted by Crippen LogP contribution is -2.32. The molecule has 3 nitrogen and oxygen atoms in total. The first-order valence-corrected chi connectivity index (χ1v) is 6.75. The van der Waals surface area contributed by atoms with Gasteiger partial charge in [-0.05, 0) is 24.8 Å². The summed E-state index contributed by atoms with van der Waals surface area (Å²) >= 11 is 0. The first kappa shape index (κ1) is 15.0. The smallest absolute Gasteiger partial charge is 0.0717 e. The minimum absolute atomic E-state index is 0.0509. The fraction of sp³-hybridized carbons (Fsp3) is 0.667. The van der Waals surface area contributed by atoms with Crippen molar-refractivity contribution in [3.05, 3.63) is 23.5 Å². The molecule has 0 aliphatic rings. The molecule has 0 unspecified atom stereocenters. The van der Waals surface area contributed by atoms with Gasteiger partial charge >= 0.3 is 0 Å². The Kier molecular flexibility index (Phi) is 5.60. The highest BCUT2D eigenvalue weighted by atomic mass is 16.3. The van der Waals surface area contributed by atoms with Crippen LogP contribution in [0.4, 0.5) is 5.69 Å². The first-order valence-electron chi connectivity index (χ1n) is 6.75. The molecule has 1 N–H and O–H groups in total. The van der Waals surface area contributed by atoms with E-state index in [-0.39, 0.29) is 6.61 Å². The van der Waals surface area contributed by atoms with Crippen molar-refractivity contribution >= 4 is 5.69 Å². The molecule has 0 aliphatic heterocycles. The molecule has 1 rings (SSSR count). The molecule has 1 aromatic rings. The lowest BCUT2D eigenvalue weighted by atomic mass is 10.1. The van der Waals surface area contributed by atoms with E-state index in [1.165, 1.54) is 0 Å². The number of rotatable bonds is 6. The Hall–Kier alpha value is -1.09. The minimum atomic E-state index is 0.0509. The standard InChI is InChI=1S/C15H26N2O/c1-11(2)8-17(9-12(3)4)15-6-13(5)16-7-14(15)10-18/h6-7,11-12,18H,8-10H2,1-5H3. The number of aromatic nitrogens is 1. The average Bonchev–Trinajstić information content (AvgIpc) is 2.26. The van der Waals surface area contributed by atoms with Crippen molar-refractivity contribution in [3.63, 3.8) is 0 Å². The van der Waals surface area contributed by atoms with Crippen LogP contribution >= 0.6 is 0 Å². The number of hydrogen-bond donors (Lipinski definition) is 1. The summed E-state index contributed by atoms with van der Waals surface area (Å²) in [5, 5.41) is 9.46. The van der Waals surface area contributed by atoms with Gasteiger partial charge in [-0.3, -0.25) is 4.98 Å². The Morgan fingerprint density at radius 3 is 2.17 bits per heavy atom. The van der Waals surface area contributed by atoms with Gasteiger partial charge in [0.1, 0.15) is 0 Å². The maximum Gasteiger partial charge on any atom is 0.0717 e. The van der Waals surface area contributed by atoms with Crippen molar-refractivity contribution in [2.24, 2.45) is 11.8 Å². The molecule has 0 bridgehead atoms. The highest BCUT2D eigenvalue weighted by molar-refractivity contribution is 5.53. The van der Waals surface area contributed by atoms with Crippen molar-refractivity contribution in [1.29, 1.82) is 0 Å². The van der Waals surface area contributed by atoms with Crippen molar-refractivity contribution in [2.45, 2.75) is 41.2 Å². The van der Waals surface area contributed by atoms with Crippen LogP contribution in [0.5, 0.6) is 0 Å². The molecule has 0 spiro atoms. The molecule has 1 heterocycles. The third kappa shape index (κ3) is 4.30. The number of aliphatic hydroxyl groups is 1. The van der Waals surface area contributed by atoms with Crippen LogP contribution in [0.15, 0.2) is 12.3 Å². The molecule has 0 fully saturated rings. The van der Waals surface area contributed by atoms with E-state index >= 15 is 0 Å². The van der Waals surface area contributed by atoms with Crippen LogP contribution in [0.1, 0.15) is 39.0 Å². The molecule has 1 aromatic heterocycles. The average molecular weight is 250 g/mol. The van der Waals surface area contributed by atoms with Gasteiger partial charge in [-0.15, -0.1) is 0 Å². The summed E-state index contributed by atoms with van der Waals surface area (Å²) in [4.78, 5) is 6.64. The van der Waals surface area contributed by atoms with E-state index in [0.717, 1.165) is 30.0 Å². The quantitative estimate of drug-likeness (QED) is 0.843. The number of aliphatic hydroxyl groups excluding tert-OH is 1. The second kappa shape index (κ2) is 6.74. The molecule has 0 aromatic carbocycles. The van der Waals surface area contributed by atoms with E-state index in [1.54, 1.807) is 6.20 Å². The van der Waals surface area contributed by atoms with E-state index in [0.29, 0.717) is 11.8 Å². The van der Waals surface area contributed by atoms with Crippen LogP contribution in [-0.4, -0.2) is 23.2 Å². The summed E-state index contributed by atoms with van der Waals surface area (Å²) in [5.41, 5.74) is 3.05. The number of anilines is 1. The summed E-state index contributed by atoms with van der Waals surface area (Å²) in [6, 6.07) is 2.08. The number of pyridine rings is 1. The van der Waals surface area contributed by atoms with E-state index in [9.17, 15) is 5.11 Å². The highest BCUT2D eigenvalue weighted by Gasteiger charge is 2.14. The van der Waals surface area contributed by atoms with Gasteiger partial charge in [-0.2, -0.15) is 0 Å². The molecule has 0 saturated heterocycles. The predicted octanol–water partition coefficient (Wildman–Crippen LogP) is 3.00. The van der Waals surface area contributed by atoms with E-state index in [1.807, 2.05) is 6.92 Å². The van der Waals surface area contributed by atoms with E-state index in [2.05, 4.69) is 43.6 Å². The zero-order chi connectivity index (χ0) is 13.7. The van der Waals surface area contributed by atoms with Gasteiger partial charge < -0.3 is 10.0 Å². The molecule has 3 heteroatoms. The van der Waals surface area contributed by atoms with Crippen LogP contribution in [0.25, 0.3) is 0 Å². The third-order valence-corrected chi connectivity index (χ3v) is 2.78. The van der Waals surface area contributed by atoms with Crippen molar-refractivity contribution < 1.29 is 5.11 Å². The number of hydrogen-bond acceptors (Lipinski definition) is 3. The van der Waals surface area contributed by atoms with Crippen LogP contribution in [0, 0.1) is 18.8 Å². The summed E-state index contributed by atoms with van der Waals surface area (Å²) < 4.78 is 0. The Balaban J connectivity index is 3.05. The molecule has 0 radical (unpaired) electrons. The molecule has 0 saturated carbocycles. The van der Waals surface area contributed by atoms with Crippen molar-refractivity contribution in [2.75, 3.05) is 18.0 Å². The maximum absolute atomic E-state index is 9.46. The Morgan fingerprint density at radius 1 is 1.17 bits per heavy atom. The molecule has 18 heavy (non-hydrogen) atoms. The summed E-state index contributed by atoms with van der Waals surface area (Å²) in [6.45, 7) is 13.0. The Labute approximate surface area is 111 Å². The van der Waals surface area contributed by atoms with Crippen molar-refractivity contribution in [3.8, 4) is 0 Å². The zero-order valence-corrected chi connectivity index (χ0v) is 12.3. The van der Waals surface area contributed by atoms with Gasteiger partial charge in [0, 0.05) is 36.2 Å². The Morgan fingerprint density at radius 2 is 1.72 bits per heavy atom. The monoisotopic (exact) mass is 250 g/mol. The van der Waals surface area contributed by atoms with Crippen LogP contribution in [0.2, 0.25) is 0 Å². The van der Waals surface area contributed by atoms with E-state index < -0.39 is 0 Å². The largest absolute Gasteiger partial charge is 0.392 e. The Bertz CT molecular complexity index is 365. The highest BCUT2D eigenvalue weighted by Crippen LogP contribution is 2.23. The lowest BCUT2D eigenvalue weighted by Gasteiger charge is -2.30. The maximum atomic E-state index is 9.46. The second-order valence-corrected chi connectivity index (χ2v) is 5.81. The number of nitrogens with zero attached hydrogens (tertiary/aromatic N) is 2. The third-order valence-electron chi connectivity index (χ3n) is 2.78. The topological polar surface area (TPSA) is 36.4 Å². The SMILES string of the molecule is Cc1cc(N(CC(C)C)CC(C)C)c(CO)cn1. The summed E-state index contributed by atoms with van der Waals surface area (Å²) in [7, 11) is 0. The summed E-state index contributed by atoms with van der Waals surface area (Å²) in [5.74, 6) is 1.20. The van der Waals surface area contributed by atoms with Gasteiger partial charge in [0.15, 0.2) is 0 Å². The van der Waals surface area contributed by atoms with Crippen LogP contribution in [0.3, 0.4) is 0 Å². The normalized spacial score (nSPS) is 11.3. The molecular formula is C15H26N2O. The van der Waals surface area contributed by atoms with Gasteiger partial charge in [0.05, 0.1) is 6.61 Å². The first-order chi connectivity index (χ1) is 8.43. The fourth-order valence-electron chi connectivity index (χ4n) is 2.14. The molecule has 0 aliphatic carbocycles. The fourth-order valence-corrected chi connectivity index (χ4v) is 2.14. The van der Waals surface area contributed by atoms with Crippen molar-refractivity contribution in [1.82, 2.24) is 4.98 Å². The number of aryl methyl sites for hydroxylation is 1. The molecule has 0 amide bonds. The molecule has 0 atom stereocenters. The second-order valence-electron chi connectivity index (χ2n) is 5.81. The van der Waals surface area contributed by atoms with Gasteiger partial charge in [-0.1, -0.05) is 27.7 Å². The van der Waals surface area contributed by atoms with Crippen LogP contribution < -0.4 is 4.90 Å². The van der Waals surface area contributed by atoms with Gasteiger partial charge in [-0.25, -0.2) is 0 Å². The lowest BCUT2D eigenvalue weighted by molar-refractivity contribution is 0.281.